The molecule has 0 saturated heterocycles. The molecule has 1 amide bonds. The molecule has 0 aromatic heterocycles. The van der Waals surface area contributed by atoms with E-state index in [0.29, 0.717) is 23.5 Å². The summed E-state index contributed by atoms with van der Waals surface area (Å²) in [6, 6.07) is 6.57. The molecule has 20 heavy (non-hydrogen) atoms. The summed E-state index contributed by atoms with van der Waals surface area (Å²) in [5.41, 5.74) is 0.589. The summed E-state index contributed by atoms with van der Waals surface area (Å²) in [6.45, 7) is 3.90. The predicted octanol–water partition coefficient (Wildman–Crippen LogP) is 2.43. The highest BCUT2D eigenvalue weighted by molar-refractivity contribution is 5.77. The van der Waals surface area contributed by atoms with Crippen molar-refractivity contribution in [2.24, 2.45) is 5.92 Å². The number of hydrogen-bond acceptors (Lipinski definition) is 4. The van der Waals surface area contributed by atoms with Crippen molar-refractivity contribution in [3.05, 3.63) is 23.8 Å². The van der Waals surface area contributed by atoms with Crippen molar-refractivity contribution in [1.29, 1.82) is 5.26 Å². The predicted molar refractivity (Wildman–Crippen MR) is 75.5 cm³/mol. The zero-order chi connectivity index (χ0) is 15.1. The van der Waals surface area contributed by atoms with Gasteiger partial charge in [-0.05, 0) is 12.0 Å². The molecule has 0 aliphatic rings. The van der Waals surface area contributed by atoms with Crippen LogP contribution >= 0.6 is 0 Å². The van der Waals surface area contributed by atoms with Crippen LogP contribution in [0.25, 0.3) is 0 Å². The van der Waals surface area contributed by atoms with Gasteiger partial charge >= 0.3 is 0 Å². The van der Waals surface area contributed by atoms with E-state index in [1.807, 2.05) is 13.8 Å². The van der Waals surface area contributed by atoms with Crippen molar-refractivity contribution in [2.75, 3.05) is 14.2 Å². The number of hydrogen-bond donors (Lipinski definition) is 1. The Kier molecular flexibility index (Phi) is 5.85. The minimum absolute atomic E-state index is 0.156. The molecule has 1 atom stereocenters. The Morgan fingerprint density at radius 2 is 2.05 bits per heavy atom. The summed E-state index contributed by atoms with van der Waals surface area (Å²) in [4.78, 5) is 11.8. The summed E-state index contributed by atoms with van der Waals surface area (Å²) in [7, 11) is 3.03. The molecule has 0 aliphatic heterocycles. The topological polar surface area (TPSA) is 71.3 Å². The van der Waals surface area contributed by atoms with E-state index in [4.69, 9.17) is 9.47 Å². The van der Waals surface area contributed by atoms with Crippen LogP contribution in [0.2, 0.25) is 0 Å². The summed E-state index contributed by atoms with van der Waals surface area (Å²) in [6.07, 6.45) is 0.379. The molecule has 0 radical (unpaired) electrons. The number of benzene rings is 1. The van der Waals surface area contributed by atoms with Gasteiger partial charge in [0.1, 0.15) is 6.04 Å². The van der Waals surface area contributed by atoms with Crippen LogP contribution in [0.4, 0.5) is 0 Å². The Bertz CT molecular complexity index is 506. The van der Waals surface area contributed by atoms with E-state index in [2.05, 4.69) is 11.4 Å². The van der Waals surface area contributed by atoms with Crippen LogP contribution in [0.5, 0.6) is 11.5 Å². The van der Waals surface area contributed by atoms with E-state index in [1.54, 1.807) is 18.2 Å². The summed E-state index contributed by atoms with van der Waals surface area (Å²) >= 11 is 0. The van der Waals surface area contributed by atoms with Gasteiger partial charge in [0, 0.05) is 12.0 Å². The summed E-state index contributed by atoms with van der Waals surface area (Å²) < 4.78 is 10.5. The first-order valence-electron chi connectivity index (χ1n) is 6.43. The standard InChI is InChI=1S/C15H20N2O3/c1-10(2)8-14(18)17-12(9-16)11-6-5-7-13(19-3)15(11)20-4/h5-7,10,12H,8H2,1-4H3,(H,17,18). The molecule has 0 bridgehead atoms. The molecule has 0 heterocycles. The van der Waals surface area contributed by atoms with Crippen molar-refractivity contribution in [1.82, 2.24) is 5.32 Å². The number of nitrogens with one attached hydrogen (secondary N) is 1. The van der Waals surface area contributed by atoms with Gasteiger partial charge in [-0.3, -0.25) is 4.79 Å². The fourth-order valence-corrected chi connectivity index (χ4v) is 1.91. The fourth-order valence-electron chi connectivity index (χ4n) is 1.91. The lowest BCUT2D eigenvalue weighted by Crippen LogP contribution is -2.28. The van der Waals surface area contributed by atoms with Gasteiger partial charge in [-0.15, -0.1) is 0 Å². The summed E-state index contributed by atoms with van der Waals surface area (Å²) in [5, 5.41) is 12.0. The number of para-hydroxylation sites is 1. The van der Waals surface area contributed by atoms with Crippen molar-refractivity contribution < 1.29 is 14.3 Å². The van der Waals surface area contributed by atoms with Crippen LogP contribution in [-0.2, 0) is 4.79 Å². The van der Waals surface area contributed by atoms with Gasteiger partial charge in [-0.25, -0.2) is 0 Å². The number of methoxy groups -OCH3 is 2. The number of ether oxygens (including phenoxy) is 2. The molecule has 0 fully saturated rings. The molecule has 1 N–H and O–H groups in total. The smallest absolute Gasteiger partial charge is 0.221 e. The van der Waals surface area contributed by atoms with Gasteiger partial charge < -0.3 is 14.8 Å². The lowest BCUT2D eigenvalue weighted by Gasteiger charge is -2.17. The van der Waals surface area contributed by atoms with E-state index < -0.39 is 6.04 Å². The first-order valence-corrected chi connectivity index (χ1v) is 6.43. The first-order chi connectivity index (χ1) is 9.53. The molecule has 1 unspecified atom stereocenters. The van der Waals surface area contributed by atoms with Gasteiger partial charge in [0.2, 0.25) is 5.91 Å². The third-order valence-corrected chi connectivity index (χ3v) is 2.77. The fraction of sp³-hybridized carbons (Fsp3) is 0.467. The number of carbonyl (C=O) groups excluding carboxylic acids is 1. The largest absolute Gasteiger partial charge is 0.493 e. The Labute approximate surface area is 119 Å². The molecular weight excluding hydrogens is 256 g/mol. The molecule has 0 saturated carbocycles. The van der Waals surface area contributed by atoms with Crippen LogP contribution in [0.15, 0.2) is 18.2 Å². The maximum absolute atomic E-state index is 11.8. The van der Waals surface area contributed by atoms with Crippen LogP contribution < -0.4 is 14.8 Å². The van der Waals surface area contributed by atoms with Gasteiger partial charge in [-0.2, -0.15) is 5.26 Å². The van der Waals surface area contributed by atoms with E-state index in [1.165, 1.54) is 14.2 Å². The van der Waals surface area contributed by atoms with Gasteiger partial charge in [0.25, 0.3) is 0 Å². The number of amides is 1. The van der Waals surface area contributed by atoms with Crippen molar-refractivity contribution in [2.45, 2.75) is 26.3 Å². The van der Waals surface area contributed by atoms with E-state index in [0.717, 1.165) is 0 Å². The second kappa shape index (κ2) is 7.39. The van der Waals surface area contributed by atoms with E-state index in [9.17, 15) is 10.1 Å². The quantitative estimate of drug-likeness (QED) is 0.866. The average molecular weight is 276 g/mol. The van der Waals surface area contributed by atoms with Crippen molar-refractivity contribution in [3.8, 4) is 17.6 Å². The first kappa shape index (κ1) is 15.8. The van der Waals surface area contributed by atoms with Crippen molar-refractivity contribution >= 4 is 5.91 Å². The van der Waals surface area contributed by atoms with Crippen LogP contribution in [0.3, 0.4) is 0 Å². The SMILES string of the molecule is COc1cccc(C(C#N)NC(=O)CC(C)C)c1OC. The third-order valence-electron chi connectivity index (χ3n) is 2.77. The Balaban J connectivity index is 3.01. The van der Waals surface area contributed by atoms with Crippen molar-refractivity contribution in [3.63, 3.8) is 0 Å². The van der Waals surface area contributed by atoms with Gasteiger partial charge in [-0.1, -0.05) is 26.0 Å². The zero-order valence-corrected chi connectivity index (χ0v) is 12.3. The number of rotatable bonds is 6. The lowest BCUT2D eigenvalue weighted by molar-refractivity contribution is -0.122. The molecule has 1 aromatic rings. The summed E-state index contributed by atoms with van der Waals surface area (Å²) in [5.74, 6) is 1.08. The van der Waals surface area contributed by atoms with Crippen LogP contribution in [0, 0.1) is 17.2 Å². The molecule has 108 valence electrons. The minimum atomic E-state index is -0.758. The molecule has 0 spiro atoms. The maximum atomic E-state index is 11.8. The molecule has 1 rings (SSSR count). The molecule has 0 aliphatic carbocycles. The minimum Gasteiger partial charge on any atom is -0.493 e. The highest BCUT2D eigenvalue weighted by Crippen LogP contribution is 2.34. The number of nitriles is 1. The van der Waals surface area contributed by atoms with Crippen LogP contribution in [-0.4, -0.2) is 20.1 Å². The van der Waals surface area contributed by atoms with Crippen LogP contribution in [0.1, 0.15) is 31.9 Å². The highest BCUT2D eigenvalue weighted by atomic mass is 16.5. The zero-order valence-electron chi connectivity index (χ0n) is 12.3. The number of nitrogens with zero attached hydrogens (tertiary/aromatic N) is 1. The van der Waals surface area contributed by atoms with E-state index >= 15 is 0 Å². The second-order valence-electron chi connectivity index (χ2n) is 4.81. The maximum Gasteiger partial charge on any atom is 0.221 e. The number of carbonyl (C=O) groups is 1. The Morgan fingerprint density at radius 1 is 1.35 bits per heavy atom. The Hall–Kier alpha value is -2.22. The molecule has 1 aromatic carbocycles. The average Bonchev–Trinajstić information content (AvgIpc) is 2.42. The van der Waals surface area contributed by atoms with Gasteiger partial charge in [0.15, 0.2) is 11.5 Å². The Morgan fingerprint density at radius 3 is 2.55 bits per heavy atom. The lowest BCUT2D eigenvalue weighted by atomic mass is 10.0. The van der Waals surface area contributed by atoms with E-state index in [-0.39, 0.29) is 11.8 Å². The molecule has 5 nitrogen and oxygen atoms in total. The molecular formula is C15H20N2O3. The van der Waals surface area contributed by atoms with Gasteiger partial charge in [0.05, 0.1) is 20.3 Å². The molecule has 5 heteroatoms. The third kappa shape index (κ3) is 3.89. The monoisotopic (exact) mass is 276 g/mol. The second-order valence-corrected chi connectivity index (χ2v) is 4.81. The normalized spacial score (nSPS) is 11.6. The highest BCUT2D eigenvalue weighted by Gasteiger charge is 2.20.